The highest BCUT2D eigenvalue weighted by Crippen LogP contribution is 2.45. The van der Waals surface area contributed by atoms with Crippen LogP contribution in [0.25, 0.3) is 76.9 Å². The van der Waals surface area contributed by atoms with Gasteiger partial charge in [0.2, 0.25) is 0 Å². The van der Waals surface area contributed by atoms with Gasteiger partial charge in [0.25, 0.3) is 0 Å². The number of hydrogen-bond donors (Lipinski definition) is 0. The smallest absolute Gasteiger partial charge is 0.159 e. The molecule has 10 aromatic rings. The molecule has 0 atom stereocenters. The molecule has 0 fully saturated rings. The highest BCUT2D eigenvalue weighted by Gasteiger charge is 2.22. The van der Waals surface area contributed by atoms with Crippen LogP contribution in [0.2, 0.25) is 0 Å². The fraction of sp³-hybridized carbons (Fsp3) is 0. The molecule has 0 aliphatic heterocycles. The number of para-hydroxylation sites is 3. The van der Waals surface area contributed by atoms with Gasteiger partial charge in [-0.2, -0.15) is 0 Å². The summed E-state index contributed by atoms with van der Waals surface area (Å²) in [6.45, 7) is 0. The average molecular weight is 628 g/mol. The zero-order valence-corrected chi connectivity index (χ0v) is 26.5. The van der Waals surface area contributed by atoms with E-state index in [1.807, 2.05) is 18.2 Å². The van der Waals surface area contributed by atoms with E-state index in [4.69, 9.17) is 8.83 Å². The van der Waals surface area contributed by atoms with E-state index < -0.39 is 0 Å². The van der Waals surface area contributed by atoms with E-state index >= 15 is 0 Å². The molecule has 8 aromatic carbocycles. The second-order valence-corrected chi connectivity index (χ2v) is 12.5. The van der Waals surface area contributed by atoms with Crippen molar-refractivity contribution in [2.45, 2.75) is 0 Å². The summed E-state index contributed by atoms with van der Waals surface area (Å²) in [6, 6.07) is 62.0. The number of furan rings is 2. The van der Waals surface area contributed by atoms with Crippen molar-refractivity contribution in [1.82, 2.24) is 0 Å². The molecule has 3 heteroatoms. The first-order valence-corrected chi connectivity index (χ1v) is 16.6. The number of rotatable bonds is 5. The normalized spacial score (nSPS) is 11.7. The van der Waals surface area contributed by atoms with Gasteiger partial charge in [-0.1, -0.05) is 127 Å². The van der Waals surface area contributed by atoms with E-state index in [9.17, 15) is 0 Å². The Hall–Kier alpha value is -6.58. The third-order valence-electron chi connectivity index (χ3n) is 9.66. The predicted molar refractivity (Wildman–Crippen MR) is 204 cm³/mol. The van der Waals surface area contributed by atoms with Gasteiger partial charge < -0.3 is 13.7 Å². The van der Waals surface area contributed by atoms with Crippen molar-refractivity contribution in [3.05, 3.63) is 176 Å². The van der Waals surface area contributed by atoms with Crippen LogP contribution in [0.4, 0.5) is 17.1 Å². The fourth-order valence-electron chi connectivity index (χ4n) is 7.28. The summed E-state index contributed by atoms with van der Waals surface area (Å²) in [5.41, 5.74) is 11.1. The molecule has 0 aliphatic carbocycles. The lowest BCUT2D eigenvalue weighted by molar-refractivity contribution is 0.669. The quantitative estimate of drug-likeness (QED) is 0.190. The molecule has 0 saturated heterocycles. The molecule has 0 unspecified atom stereocenters. The lowest BCUT2D eigenvalue weighted by Crippen LogP contribution is -2.10. The summed E-state index contributed by atoms with van der Waals surface area (Å²) in [5, 5.41) is 6.83. The molecule has 0 spiro atoms. The van der Waals surface area contributed by atoms with Crippen LogP contribution in [-0.4, -0.2) is 0 Å². The van der Waals surface area contributed by atoms with E-state index in [1.165, 1.54) is 21.9 Å². The Kier molecular flexibility index (Phi) is 6.18. The number of fused-ring (bicyclic) bond motifs is 7. The first-order chi connectivity index (χ1) is 24.3. The Labute approximate surface area is 282 Å². The highest BCUT2D eigenvalue weighted by molar-refractivity contribution is 6.14. The third kappa shape index (κ3) is 4.51. The number of hydrogen-bond acceptors (Lipinski definition) is 3. The Balaban J connectivity index is 1.18. The zero-order chi connectivity index (χ0) is 32.3. The second kappa shape index (κ2) is 11.0. The van der Waals surface area contributed by atoms with Crippen molar-refractivity contribution in [2.24, 2.45) is 0 Å². The fourth-order valence-corrected chi connectivity index (χ4v) is 7.28. The molecule has 2 aromatic heterocycles. The van der Waals surface area contributed by atoms with Gasteiger partial charge >= 0.3 is 0 Å². The average Bonchev–Trinajstić information content (AvgIpc) is 3.74. The Morgan fingerprint density at radius 2 is 1.02 bits per heavy atom. The monoisotopic (exact) mass is 627 g/mol. The number of anilines is 3. The van der Waals surface area contributed by atoms with Crippen LogP contribution in [0.15, 0.2) is 185 Å². The van der Waals surface area contributed by atoms with Crippen LogP contribution < -0.4 is 4.90 Å². The van der Waals surface area contributed by atoms with Gasteiger partial charge in [-0.25, -0.2) is 0 Å². The molecule has 0 aliphatic rings. The molecule has 3 nitrogen and oxygen atoms in total. The Morgan fingerprint density at radius 3 is 1.90 bits per heavy atom. The van der Waals surface area contributed by atoms with Gasteiger partial charge in [0.15, 0.2) is 5.58 Å². The summed E-state index contributed by atoms with van der Waals surface area (Å²) in [7, 11) is 0. The minimum atomic E-state index is 0.844. The molecule has 0 bridgehead atoms. The molecule has 0 N–H and O–H groups in total. The molecule has 0 saturated carbocycles. The van der Waals surface area contributed by atoms with Crippen molar-refractivity contribution < 1.29 is 8.83 Å². The number of nitrogens with zero attached hydrogens (tertiary/aromatic N) is 1. The van der Waals surface area contributed by atoms with E-state index in [2.05, 4.69) is 163 Å². The lowest BCUT2D eigenvalue weighted by Gasteiger charge is -2.26. The van der Waals surface area contributed by atoms with Crippen LogP contribution in [-0.2, 0) is 0 Å². The summed E-state index contributed by atoms with van der Waals surface area (Å²) in [4.78, 5) is 2.30. The standard InChI is InChI=1S/C46H29NO2/c1-2-11-32(12-3-1)37-15-8-16-39-40-17-9-18-42(46(40)49-45(37)39)47(36-26-27-44-41(29-36)38-14-6-7-19-43(38)48-44)35-24-22-31(23-25-35)34-21-20-30-10-4-5-13-33(30)28-34/h1-29H. The minimum Gasteiger partial charge on any atom is -0.456 e. The Bertz CT molecular complexity index is 2830. The number of benzene rings is 8. The highest BCUT2D eigenvalue weighted by atomic mass is 16.3. The van der Waals surface area contributed by atoms with Crippen LogP contribution in [0.1, 0.15) is 0 Å². The van der Waals surface area contributed by atoms with Crippen LogP contribution in [0, 0.1) is 0 Å². The first-order valence-electron chi connectivity index (χ1n) is 16.6. The second-order valence-electron chi connectivity index (χ2n) is 12.5. The van der Waals surface area contributed by atoms with Crippen molar-refractivity contribution in [2.75, 3.05) is 4.90 Å². The molecular formula is C46H29NO2. The van der Waals surface area contributed by atoms with Gasteiger partial charge in [0, 0.05) is 38.5 Å². The zero-order valence-electron chi connectivity index (χ0n) is 26.5. The van der Waals surface area contributed by atoms with Gasteiger partial charge in [-0.15, -0.1) is 0 Å². The minimum absolute atomic E-state index is 0.844. The van der Waals surface area contributed by atoms with Crippen molar-refractivity contribution >= 4 is 71.7 Å². The topological polar surface area (TPSA) is 29.5 Å². The molecule has 0 radical (unpaired) electrons. The van der Waals surface area contributed by atoms with Crippen LogP contribution in [0.5, 0.6) is 0 Å². The summed E-state index contributed by atoms with van der Waals surface area (Å²) in [5.74, 6) is 0. The van der Waals surface area contributed by atoms with E-state index in [-0.39, 0.29) is 0 Å². The summed E-state index contributed by atoms with van der Waals surface area (Å²) in [6.07, 6.45) is 0. The molecule has 49 heavy (non-hydrogen) atoms. The lowest BCUT2D eigenvalue weighted by atomic mass is 10.0. The Morgan fingerprint density at radius 1 is 0.347 bits per heavy atom. The van der Waals surface area contributed by atoms with Crippen LogP contribution in [0.3, 0.4) is 0 Å². The third-order valence-corrected chi connectivity index (χ3v) is 9.66. The van der Waals surface area contributed by atoms with Gasteiger partial charge in [-0.3, -0.25) is 0 Å². The maximum Gasteiger partial charge on any atom is 0.159 e. The SMILES string of the molecule is c1ccc(-c2cccc3c2oc2c(N(c4ccc(-c5ccc6ccccc6c5)cc4)c4ccc5oc6ccccc6c5c4)cccc23)cc1. The molecule has 0 amide bonds. The van der Waals surface area contributed by atoms with E-state index in [1.54, 1.807) is 0 Å². The molecule has 10 rings (SSSR count). The first kappa shape index (κ1) is 27.5. The maximum atomic E-state index is 6.91. The largest absolute Gasteiger partial charge is 0.456 e. The van der Waals surface area contributed by atoms with Crippen molar-refractivity contribution in [1.29, 1.82) is 0 Å². The summed E-state index contributed by atoms with van der Waals surface area (Å²) >= 11 is 0. The van der Waals surface area contributed by atoms with E-state index in [0.717, 1.165) is 72.1 Å². The van der Waals surface area contributed by atoms with Gasteiger partial charge in [0.05, 0.1) is 5.69 Å². The maximum absolute atomic E-state index is 6.91. The molecular weight excluding hydrogens is 599 g/mol. The van der Waals surface area contributed by atoms with Gasteiger partial charge in [-0.05, 0) is 76.0 Å². The molecule has 230 valence electrons. The summed E-state index contributed by atoms with van der Waals surface area (Å²) < 4.78 is 13.1. The van der Waals surface area contributed by atoms with Crippen LogP contribution >= 0.6 is 0 Å². The predicted octanol–water partition coefficient (Wildman–Crippen LogP) is 13.4. The molecule has 2 heterocycles. The van der Waals surface area contributed by atoms with Crippen molar-refractivity contribution in [3.63, 3.8) is 0 Å². The van der Waals surface area contributed by atoms with Crippen molar-refractivity contribution in [3.8, 4) is 22.3 Å². The van der Waals surface area contributed by atoms with Gasteiger partial charge in [0.1, 0.15) is 16.7 Å². The van der Waals surface area contributed by atoms with E-state index in [0.29, 0.717) is 0 Å².